The Labute approximate surface area is 183 Å². The second kappa shape index (κ2) is 10.6. The van der Waals surface area contributed by atoms with Crippen molar-refractivity contribution in [2.45, 2.75) is 46.2 Å². The first-order valence-corrected chi connectivity index (χ1v) is 10.5. The fourth-order valence-corrected chi connectivity index (χ4v) is 3.52. The van der Waals surface area contributed by atoms with Gasteiger partial charge >= 0.3 is 5.97 Å². The molecule has 1 N–H and O–H groups in total. The number of nitrogens with one attached hydrogen (secondary N) is 1. The second-order valence-corrected chi connectivity index (χ2v) is 7.76. The van der Waals surface area contributed by atoms with Gasteiger partial charge in [0.05, 0.1) is 17.9 Å². The highest BCUT2D eigenvalue weighted by Gasteiger charge is 2.21. The van der Waals surface area contributed by atoms with Gasteiger partial charge in [0.1, 0.15) is 5.56 Å². The minimum Gasteiger partial charge on any atom is -0.452 e. The summed E-state index contributed by atoms with van der Waals surface area (Å²) in [6.45, 7) is 5.82. The number of amides is 1. The predicted octanol–water partition coefficient (Wildman–Crippen LogP) is 3.84. The van der Waals surface area contributed by atoms with E-state index >= 15 is 0 Å². The number of rotatable bonds is 9. The maximum Gasteiger partial charge on any atom is 0.342 e. The Kier molecular flexibility index (Phi) is 7.60. The van der Waals surface area contributed by atoms with Crippen LogP contribution in [-0.4, -0.2) is 34.3 Å². The largest absolute Gasteiger partial charge is 0.452 e. The van der Waals surface area contributed by atoms with Crippen molar-refractivity contribution in [3.63, 3.8) is 0 Å². The van der Waals surface area contributed by atoms with Gasteiger partial charge in [-0.15, -0.1) is 0 Å². The monoisotopic (exact) mass is 419 g/mol. The van der Waals surface area contributed by atoms with Gasteiger partial charge in [-0.25, -0.2) is 4.79 Å². The molecular formula is C25H29N3O3. The summed E-state index contributed by atoms with van der Waals surface area (Å²) in [4.78, 5) is 24.8. The first kappa shape index (κ1) is 22.3. The molecular weight excluding hydrogens is 390 g/mol. The fourth-order valence-electron chi connectivity index (χ4n) is 3.52. The maximum absolute atomic E-state index is 12.6. The SMILES string of the molecule is Cc1nn(Cc2ccccc2)c(C)c1C(=O)OCC(=O)N[C@@H](C)CCc1ccccc1. The molecule has 6 heteroatoms. The fraction of sp³-hybridized carbons (Fsp3) is 0.320. The third-order valence-corrected chi connectivity index (χ3v) is 5.21. The highest BCUT2D eigenvalue weighted by molar-refractivity contribution is 5.93. The lowest BCUT2D eigenvalue weighted by Gasteiger charge is -2.14. The Morgan fingerprint density at radius 3 is 2.26 bits per heavy atom. The van der Waals surface area contributed by atoms with Crippen molar-refractivity contribution in [3.8, 4) is 0 Å². The van der Waals surface area contributed by atoms with Crippen molar-refractivity contribution in [2.75, 3.05) is 6.61 Å². The number of carbonyl (C=O) groups is 2. The highest BCUT2D eigenvalue weighted by Crippen LogP contribution is 2.16. The molecule has 0 unspecified atom stereocenters. The molecule has 0 saturated heterocycles. The summed E-state index contributed by atoms with van der Waals surface area (Å²) in [5, 5.41) is 7.36. The minimum atomic E-state index is -0.526. The van der Waals surface area contributed by atoms with Crippen LogP contribution in [0.25, 0.3) is 0 Å². The molecule has 1 amide bonds. The molecule has 1 heterocycles. The van der Waals surface area contributed by atoms with Crippen LogP contribution in [0, 0.1) is 13.8 Å². The first-order chi connectivity index (χ1) is 14.9. The lowest BCUT2D eigenvalue weighted by molar-refractivity contribution is -0.124. The van der Waals surface area contributed by atoms with Gasteiger partial charge in [-0.05, 0) is 44.7 Å². The van der Waals surface area contributed by atoms with E-state index in [1.807, 2.05) is 62.4 Å². The Morgan fingerprint density at radius 1 is 1.00 bits per heavy atom. The number of aromatic nitrogens is 2. The van der Waals surface area contributed by atoms with Crippen LogP contribution in [0.2, 0.25) is 0 Å². The molecule has 31 heavy (non-hydrogen) atoms. The van der Waals surface area contributed by atoms with Crippen molar-refractivity contribution in [3.05, 3.63) is 88.7 Å². The molecule has 0 spiro atoms. The number of carbonyl (C=O) groups excluding carboxylic acids is 2. The summed E-state index contributed by atoms with van der Waals surface area (Å²) < 4.78 is 7.06. The molecule has 162 valence electrons. The van der Waals surface area contributed by atoms with Crippen LogP contribution >= 0.6 is 0 Å². The van der Waals surface area contributed by atoms with E-state index in [0.29, 0.717) is 17.8 Å². The summed E-state index contributed by atoms with van der Waals surface area (Å²) in [6, 6.07) is 20.0. The Balaban J connectivity index is 1.50. The topological polar surface area (TPSA) is 73.2 Å². The number of nitrogens with zero attached hydrogens (tertiary/aromatic N) is 2. The molecule has 3 rings (SSSR count). The van der Waals surface area contributed by atoms with Gasteiger partial charge in [0.15, 0.2) is 6.61 Å². The van der Waals surface area contributed by atoms with E-state index in [-0.39, 0.29) is 18.6 Å². The zero-order chi connectivity index (χ0) is 22.2. The lowest BCUT2D eigenvalue weighted by atomic mass is 10.1. The number of ether oxygens (including phenoxy) is 1. The standard InChI is InChI=1S/C25H29N3O3/c1-18(14-15-21-10-6-4-7-11-21)26-23(29)17-31-25(30)24-19(2)27-28(20(24)3)16-22-12-8-5-9-13-22/h4-13,18H,14-17H2,1-3H3,(H,26,29)/t18-/m0/s1. The van der Waals surface area contributed by atoms with Crippen LogP contribution < -0.4 is 5.32 Å². The lowest BCUT2D eigenvalue weighted by Crippen LogP contribution is -2.36. The van der Waals surface area contributed by atoms with Gasteiger partial charge < -0.3 is 10.1 Å². The van der Waals surface area contributed by atoms with Crippen LogP contribution in [0.4, 0.5) is 0 Å². The molecule has 3 aromatic rings. The summed E-state index contributed by atoms with van der Waals surface area (Å²) >= 11 is 0. The van der Waals surface area contributed by atoms with Crippen molar-refractivity contribution in [2.24, 2.45) is 0 Å². The molecule has 0 saturated carbocycles. The van der Waals surface area contributed by atoms with Gasteiger partial charge in [0.25, 0.3) is 5.91 Å². The van der Waals surface area contributed by atoms with Gasteiger partial charge in [-0.3, -0.25) is 9.48 Å². The van der Waals surface area contributed by atoms with E-state index in [0.717, 1.165) is 24.1 Å². The average molecular weight is 420 g/mol. The minimum absolute atomic E-state index is 0.0106. The van der Waals surface area contributed by atoms with Gasteiger partial charge in [-0.1, -0.05) is 60.7 Å². The Bertz CT molecular complexity index is 1010. The molecule has 2 aromatic carbocycles. The van der Waals surface area contributed by atoms with E-state index in [4.69, 9.17) is 4.74 Å². The third-order valence-electron chi connectivity index (χ3n) is 5.21. The smallest absolute Gasteiger partial charge is 0.342 e. The molecule has 1 aromatic heterocycles. The summed E-state index contributed by atoms with van der Waals surface area (Å²) in [5.41, 5.74) is 4.06. The Hall–Kier alpha value is -3.41. The van der Waals surface area contributed by atoms with Gasteiger partial charge in [-0.2, -0.15) is 5.10 Å². The second-order valence-electron chi connectivity index (χ2n) is 7.76. The van der Waals surface area contributed by atoms with Crippen LogP contribution in [0.15, 0.2) is 60.7 Å². The zero-order valence-electron chi connectivity index (χ0n) is 18.3. The van der Waals surface area contributed by atoms with E-state index in [9.17, 15) is 9.59 Å². The van der Waals surface area contributed by atoms with Gasteiger partial charge in [0, 0.05) is 6.04 Å². The molecule has 6 nitrogen and oxygen atoms in total. The highest BCUT2D eigenvalue weighted by atomic mass is 16.5. The molecule has 0 bridgehead atoms. The van der Waals surface area contributed by atoms with E-state index in [1.165, 1.54) is 5.56 Å². The number of esters is 1. The summed E-state index contributed by atoms with van der Waals surface area (Å²) in [6.07, 6.45) is 1.69. The van der Waals surface area contributed by atoms with Crippen molar-refractivity contribution >= 4 is 11.9 Å². The number of hydrogen-bond acceptors (Lipinski definition) is 4. The molecule has 0 aliphatic heterocycles. The predicted molar refractivity (Wildman–Crippen MR) is 120 cm³/mol. The van der Waals surface area contributed by atoms with Crippen molar-refractivity contribution in [1.29, 1.82) is 0 Å². The van der Waals surface area contributed by atoms with Crippen LogP contribution in [0.3, 0.4) is 0 Å². The summed E-state index contributed by atoms with van der Waals surface area (Å²) in [5.74, 6) is -0.831. The van der Waals surface area contributed by atoms with E-state index in [1.54, 1.807) is 11.6 Å². The summed E-state index contributed by atoms with van der Waals surface area (Å²) in [7, 11) is 0. The zero-order valence-corrected chi connectivity index (χ0v) is 18.3. The normalized spacial score (nSPS) is 11.7. The van der Waals surface area contributed by atoms with E-state index in [2.05, 4.69) is 22.5 Å². The number of aryl methyl sites for hydroxylation is 2. The Morgan fingerprint density at radius 2 is 1.61 bits per heavy atom. The van der Waals surface area contributed by atoms with Crippen molar-refractivity contribution in [1.82, 2.24) is 15.1 Å². The maximum atomic E-state index is 12.6. The van der Waals surface area contributed by atoms with Crippen LogP contribution in [0.5, 0.6) is 0 Å². The molecule has 0 aliphatic rings. The van der Waals surface area contributed by atoms with E-state index < -0.39 is 5.97 Å². The number of hydrogen-bond donors (Lipinski definition) is 1. The molecule has 1 atom stereocenters. The number of benzene rings is 2. The third kappa shape index (κ3) is 6.28. The molecule has 0 fully saturated rings. The quantitative estimate of drug-likeness (QED) is 0.535. The van der Waals surface area contributed by atoms with Crippen molar-refractivity contribution < 1.29 is 14.3 Å². The van der Waals surface area contributed by atoms with Crippen LogP contribution in [-0.2, 0) is 22.5 Å². The van der Waals surface area contributed by atoms with Crippen LogP contribution in [0.1, 0.15) is 46.2 Å². The first-order valence-electron chi connectivity index (χ1n) is 10.5. The molecule has 0 radical (unpaired) electrons. The average Bonchev–Trinajstić information content (AvgIpc) is 3.05. The molecule has 0 aliphatic carbocycles. The van der Waals surface area contributed by atoms with Gasteiger partial charge in [0.2, 0.25) is 0 Å².